The number of allylic oxidation sites excluding steroid dienone is 1. The fourth-order valence-corrected chi connectivity index (χ4v) is 4.54. The quantitative estimate of drug-likeness (QED) is 0.231. The van der Waals surface area contributed by atoms with E-state index >= 15 is 0 Å². The predicted octanol–water partition coefficient (Wildman–Crippen LogP) is -1.12. The third-order valence-electron chi connectivity index (χ3n) is 5.91. The SMILES string of the molecule is COC(=O)C1=CCCC(C(=O)OC)(C(=O)OC)C(C(=O)OC)(C(=O)OC)C1(C(=O)OC)C(=O)OC. The first-order valence-electron chi connectivity index (χ1n) is 9.77. The zero-order valence-electron chi connectivity index (χ0n) is 20.2. The van der Waals surface area contributed by atoms with Gasteiger partial charge in [0.05, 0.1) is 55.3 Å². The minimum absolute atomic E-state index is 0.458. The Labute approximate surface area is 199 Å². The van der Waals surface area contributed by atoms with Crippen LogP contribution in [0.15, 0.2) is 11.6 Å². The van der Waals surface area contributed by atoms with Crippen LogP contribution in [-0.2, 0) is 66.7 Å². The first-order valence-corrected chi connectivity index (χ1v) is 9.77. The number of esters is 7. The van der Waals surface area contributed by atoms with Crippen molar-refractivity contribution in [2.24, 2.45) is 16.2 Å². The molecular weight excluding hydrogens is 476 g/mol. The number of carbonyl (C=O) groups is 7. The fourth-order valence-electron chi connectivity index (χ4n) is 4.54. The first kappa shape index (κ1) is 29.1. The van der Waals surface area contributed by atoms with Crippen molar-refractivity contribution in [1.82, 2.24) is 0 Å². The maximum atomic E-state index is 13.7. The van der Waals surface area contributed by atoms with E-state index in [0.717, 1.165) is 55.8 Å². The van der Waals surface area contributed by atoms with Crippen LogP contribution < -0.4 is 0 Å². The highest BCUT2D eigenvalue weighted by Gasteiger charge is 2.87. The van der Waals surface area contributed by atoms with E-state index in [-0.39, 0.29) is 0 Å². The van der Waals surface area contributed by atoms with Gasteiger partial charge < -0.3 is 33.2 Å². The highest BCUT2D eigenvalue weighted by atomic mass is 16.6. The zero-order chi connectivity index (χ0) is 27.2. The van der Waals surface area contributed by atoms with E-state index in [9.17, 15) is 33.6 Å². The van der Waals surface area contributed by atoms with Crippen molar-refractivity contribution in [1.29, 1.82) is 0 Å². The van der Waals surface area contributed by atoms with Gasteiger partial charge in [-0.25, -0.2) is 4.79 Å². The van der Waals surface area contributed by atoms with Crippen molar-refractivity contribution in [2.45, 2.75) is 12.8 Å². The minimum atomic E-state index is -3.64. The summed E-state index contributed by atoms with van der Waals surface area (Å²) in [5.41, 5.74) is -11.2. The standard InChI is InChI=1S/C21H26O14/c1-29-12(22)11-9-8-10-19(13(23)30-2,14(24)31-3)21(17(27)34-6,18(28)35-7)20(11,15(25)32-4)16(26)33-5/h9H,8,10H2,1-7H3. The van der Waals surface area contributed by atoms with Gasteiger partial charge in [-0.05, 0) is 12.8 Å². The van der Waals surface area contributed by atoms with Crippen molar-refractivity contribution in [3.63, 3.8) is 0 Å². The van der Waals surface area contributed by atoms with Gasteiger partial charge in [0.25, 0.3) is 0 Å². The zero-order valence-corrected chi connectivity index (χ0v) is 20.2. The summed E-state index contributed by atoms with van der Waals surface area (Å²) in [5.74, 6) is -11.7. The Balaban J connectivity index is 4.83. The van der Waals surface area contributed by atoms with Crippen molar-refractivity contribution in [2.75, 3.05) is 49.8 Å². The summed E-state index contributed by atoms with van der Waals surface area (Å²) in [5, 5.41) is 0. The number of hydrogen-bond donors (Lipinski definition) is 0. The third-order valence-corrected chi connectivity index (χ3v) is 5.91. The normalized spacial score (nSPS) is 17.3. The molecule has 0 heterocycles. The molecule has 0 N–H and O–H groups in total. The molecule has 14 heteroatoms. The molecule has 0 saturated heterocycles. The van der Waals surface area contributed by atoms with Gasteiger partial charge in [0.15, 0.2) is 5.41 Å². The molecule has 0 radical (unpaired) electrons. The number of ether oxygens (including phenoxy) is 7. The highest BCUT2D eigenvalue weighted by Crippen LogP contribution is 2.63. The maximum absolute atomic E-state index is 13.7. The molecule has 0 atom stereocenters. The molecule has 1 rings (SSSR count). The van der Waals surface area contributed by atoms with E-state index in [1.54, 1.807) is 0 Å². The average molecular weight is 502 g/mol. The van der Waals surface area contributed by atoms with E-state index in [1.807, 2.05) is 0 Å². The Kier molecular flexibility index (Phi) is 9.11. The van der Waals surface area contributed by atoms with E-state index in [0.29, 0.717) is 0 Å². The summed E-state index contributed by atoms with van der Waals surface area (Å²) in [6, 6.07) is 0. The molecule has 1 aliphatic rings. The monoisotopic (exact) mass is 502 g/mol. The molecule has 0 spiro atoms. The van der Waals surface area contributed by atoms with Crippen LogP contribution in [0.2, 0.25) is 0 Å². The lowest BCUT2D eigenvalue weighted by atomic mass is 9.47. The van der Waals surface area contributed by atoms with E-state index in [2.05, 4.69) is 0 Å². The Hall–Kier alpha value is -3.97. The van der Waals surface area contributed by atoms with Crippen LogP contribution in [0.25, 0.3) is 0 Å². The van der Waals surface area contributed by atoms with Gasteiger partial charge in [0, 0.05) is 0 Å². The topological polar surface area (TPSA) is 184 Å². The summed E-state index contributed by atoms with van der Waals surface area (Å²) < 4.78 is 33.3. The molecule has 1 aliphatic carbocycles. The molecule has 35 heavy (non-hydrogen) atoms. The smallest absolute Gasteiger partial charge is 0.335 e. The molecule has 0 amide bonds. The summed E-state index contributed by atoms with van der Waals surface area (Å²) in [7, 11) is 5.47. The van der Waals surface area contributed by atoms with Gasteiger partial charge in [0.1, 0.15) is 0 Å². The lowest BCUT2D eigenvalue weighted by Gasteiger charge is -2.48. The molecule has 0 aromatic carbocycles. The van der Waals surface area contributed by atoms with Crippen LogP contribution in [-0.4, -0.2) is 91.6 Å². The van der Waals surface area contributed by atoms with E-state index in [1.165, 1.54) is 0 Å². The summed E-state index contributed by atoms with van der Waals surface area (Å²) in [6.45, 7) is 0. The Morgan fingerprint density at radius 3 is 1.26 bits per heavy atom. The van der Waals surface area contributed by atoms with Gasteiger partial charge in [0.2, 0.25) is 10.8 Å². The van der Waals surface area contributed by atoms with Crippen LogP contribution in [0.1, 0.15) is 12.8 Å². The summed E-state index contributed by atoms with van der Waals surface area (Å²) >= 11 is 0. The molecule has 0 bridgehead atoms. The summed E-state index contributed by atoms with van der Waals surface area (Å²) in [4.78, 5) is 94.1. The van der Waals surface area contributed by atoms with Gasteiger partial charge in [-0.1, -0.05) is 6.08 Å². The van der Waals surface area contributed by atoms with Crippen molar-refractivity contribution < 1.29 is 66.7 Å². The van der Waals surface area contributed by atoms with Crippen LogP contribution in [0.4, 0.5) is 0 Å². The molecule has 0 aliphatic heterocycles. The van der Waals surface area contributed by atoms with Crippen LogP contribution in [0.3, 0.4) is 0 Å². The molecule has 194 valence electrons. The van der Waals surface area contributed by atoms with E-state index < -0.39 is 76.4 Å². The number of carbonyl (C=O) groups excluding carboxylic acids is 7. The van der Waals surface area contributed by atoms with E-state index in [4.69, 9.17) is 33.2 Å². The second kappa shape index (κ2) is 11.0. The predicted molar refractivity (Wildman–Crippen MR) is 109 cm³/mol. The number of methoxy groups -OCH3 is 7. The molecular formula is C21H26O14. The van der Waals surface area contributed by atoms with Gasteiger partial charge in [-0.2, -0.15) is 0 Å². The molecule has 14 nitrogen and oxygen atoms in total. The van der Waals surface area contributed by atoms with Crippen LogP contribution >= 0.6 is 0 Å². The molecule has 0 saturated carbocycles. The highest BCUT2D eigenvalue weighted by molar-refractivity contribution is 6.26. The van der Waals surface area contributed by atoms with Gasteiger partial charge >= 0.3 is 41.8 Å². The third kappa shape index (κ3) is 3.59. The summed E-state index contributed by atoms with van der Waals surface area (Å²) in [6.07, 6.45) is -0.333. The fraction of sp³-hybridized carbons (Fsp3) is 0.571. The molecule has 0 aromatic heterocycles. The van der Waals surface area contributed by atoms with Crippen molar-refractivity contribution in [3.05, 3.63) is 11.6 Å². The average Bonchev–Trinajstić information content (AvgIpc) is 3.03. The lowest BCUT2D eigenvalue weighted by Crippen LogP contribution is -2.73. The lowest BCUT2D eigenvalue weighted by molar-refractivity contribution is -0.220. The number of rotatable bonds is 7. The van der Waals surface area contributed by atoms with Gasteiger partial charge in [-0.15, -0.1) is 0 Å². The first-order chi connectivity index (χ1) is 16.5. The molecule has 0 fully saturated rings. The second-order valence-corrected chi connectivity index (χ2v) is 7.00. The van der Waals surface area contributed by atoms with Crippen LogP contribution in [0, 0.1) is 16.2 Å². The molecule has 0 aromatic rings. The largest absolute Gasteiger partial charge is 0.468 e. The Bertz CT molecular complexity index is 911. The van der Waals surface area contributed by atoms with Gasteiger partial charge in [-0.3, -0.25) is 28.8 Å². The van der Waals surface area contributed by atoms with Crippen LogP contribution in [0.5, 0.6) is 0 Å². The minimum Gasteiger partial charge on any atom is -0.468 e. The Morgan fingerprint density at radius 2 is 0.943 bits per heavy atom. The molecule has 0 unspecified atom stereocenters. The Morgan fingerprint density at radius 1 is 0.571 bits per heavy atom. The van der Waals surface area contributed by atoms with Crippen molar-refractivity contribution in [3.8, 4) is 0 Å². The second-order valence-electron chi connectivity index (χ2n) is 7.00. The maximum Gasteiger partial charge on any atom is 0.335 e. The number of hydrogen-bond acceptors (Lipinski definition) is 14. The van der Waals surface area contributed by atoms with Crippen molar-refractivity contribution >= 4 is 41.8 Å².